The fourth-order valence-electron chi connectivity index (χ4n) is 4.31. The van der Waals surface area contributed by atoms with Crippen molar-refractivity contribution in [2.24, 2.45) is 0 Å². The maximum atomic E-state index is 6.42. The molecule has 0 aromatic heterocycles. The van der Waals surface area contributed by atoms with Gasteiger partial charge in [0.1, 0.15) is 5.75 Å². The van der Waals surface area contributed by atoms with Crippen LogP contribution in [-0.4, -0.2) is 17.7 Å². The Morgan fingerprint density at radius 3 is 2.58 bits per heavy atom. The fraction of sp³-hybridized carbons (Fsp3) is 0.273. The summed E-state index contributed by atoms with van der Waals surface area (Å²) in [5, 5.41) is 2.60. The molecule has 5 rings (SSSR count). The zero-order valence-corrected chi connectivity index (χ0v) is 13.7. The molecule has 2 nitrogen and oxygen atoms in total. The second-order valence-electron chi connectivity index (χ2n) is 6.82. The average Bonchev–Trinajstić information content (AvgIpc) is 2.66. The predicted octanol–water partition coefficient (Wildman–Crippen LogP) is 5.13. The zero-order valence-electron chi connectivity index (χ0n) is 13.7. The fourth-order valence-corrected chi connectivity index (χ4v) is 4.31. The SMILES string of the molecule is c1ccc([C@@H]2c3c(ccc4ccccc34)O[C@H]3CCCCN23)cc1. The summed E-state index contributed by atoms with van der Waals surface area (Å²) in [6.07, 6.45) is 3.84. The van der Waals surface area contributed by atoms with Crippen molar-refractivity contribution in [1.29, 1.82) is 0 Å². The van der Waals surface area contributed by atoms with Crippen LogP contribution in [0.2, 0.25) is 0 Å². The van der Waals surface area contributed by atoms with Gasteiger partial charge in [0.15, 0.2) is 6.23 Å². The van der Waals surface area contributed by atoms with Crippen molar-refractivity contribution in [2.75, 3.05) is 6.54 Å². The van der Waals surface area contributed by atoms with Gasteiger partial charge in [-0.3, -0.25) is 4.90 Å². The highest BCUT2D eigenvalue weighted by Gasteiger charge is 2.38. The molecule has 3 aromatic rings. The average molecular weight is 315 g/mol. The van der Waals surface area contributed by atoms with Crippen molar-refractivity contribution in [3.63, 3.8) is 0 Å². The molecule has 0 N–H and O–H groups in total. The smallest absolute Gasteiger partial charge is 0.153 e. The monoisotopic (exact) mass is 315 g/mol. The van der Waals surface area contributed by atoms with E-state index < -0.39 is 0 Å². The molecule has 0 unspecified atom stereocenters. The quantitative estimate of drug-likeness (QED) is 0.617. The Morgan fingerprint density at radius 2 is 1.67 bits per heavy atom. The predicted molar refractivity (Wildman–Crippen MR) is 97.2 cm³/mol. The lowest BCUT2D eigenvalue weighted by molar-refractivity contribution is -0.0413. The van der Waals surface area contributed by atoms with Gasteiger partial charge in [0, 0.05) is 12.1 Å². The molecule has 1 saturated heterocycles. The zero-order chi connectivity index (χ0) is 15.9. The van der Waals surface area contributed by atoms with Crippen molar-refractivity contribution in [1.82, 2.24) is 4.90 Å². The lowest BCUT2D eigenvalue weighted by atomic mass is 9.88. The van der Waals surface area contributed by atoms with E-state index >= 15 is 0 Å². The van der Waals surface area contributed by atoms with E-state index in [2.05, 4.69) is 71.6 Å². The van der Waals surface area contributed by atoms with Gasteiger partial charge in [-0.2, -0.15) is 0 Å². The van der Waals surface area contributed by atoms with E-state index in [9.17, 15) is 0 Å². The molecule has 2 aliphatic rings. The third kappa shape index (κ3) is 2.14. The molecular weight excluding hydrogens is 294 g/mol. The first-order valence-corrected chi connectivity index (χ1v) is 8.91. The molecule has 0 radical (unpaired) electrons. The highest BCUT2D eigenvalue weighted by atomic mass is 16.5. The van der Waals surface area contributed by atoms with Crippen LogP contribution in [0, 0.1) is 0 Å². The number of ether oxygens (including phenoxy) is 1. The first-order chi connectivity index (χ1) is 11.9. The van der Waals surface area contributed by atoms with E-state index in [0.29, 0.717) is 0 Å². The van der Waals surface area contributed by atoms with E-state index in [4.69, 9.17) is 4.74 Å². The second kappa shape index (κ2) is 5.64. The number of hydrogen-bond donors (Lipinski definition) is 0. The van der Waals surface area contributed by atoms with Crippen LogP contribution in [0.25, 0.3) is 10.8 Å². The molecule has 3 aromatic carbocycles. The van der Waals surface area contributed by atoms with Crippen molar-refractivity contribution >= 4 is 10.8 Å². The van der Waals surface area contributed by atoms with Crippen LogP contribution in [0.3, 0.4) is 0 Å². The minimum atomic E-state index is 0.206. The van der Waals surface area contributed by atoms with Crippen molar-refractivity contribution in [3.8, 4) is 5.75 Å². The summed E-state index contributed by atoms with van der Waals surface area (Å²) >= 11 is 0. The Hall–Kier alpha value is -2.32. The van der Waals surface area contributed by atoms with E-state index in [1.807, 2.05) is 0 Å². The lowest BCUT2D eigenvalue weighted by Crippen LogP contribution is -2.48. The third-order valence-electron chi connectivity index (χ3n) is 5.40. The number of nitrogens with zero attached hydrogens (tertiary/aromatic N) is 1. The van der Waals surface area contributed by atoms with Crippen LogP contribution in [0.1, 0.15) is 36.4 Å². The molecule has 0 aliphatic carbocycles. The van der Waals surface area contributed by atoms with Crippen molar-refractivity contribution in [3.05, 3.63) is 77.9 Å². The van der Waals surface area contributed by atoms with Crippen LogP contribution in [-0.2, 0) is 0 Å². The Kier molecular flexibility index (Phi) is 3.30. The molecule has 0 amide bonds. The van der Waals surface area contributed by atoms with Gasteiger partial charge < -0.3 is 4.74 Å². The van der Waals surface area contributed by atoms with Gasteiger partial charge in [-0.05, 0) is 41.7 Å². The largest absolute Gasteiger partial charge is 0.475 e. The normalized spacial score (nSPS) is 23.3. The summed E-state index contributed by atoms with van der Waals surface area (Å²) < 4.78 is 6.42. The summed E-state index contributed by atoms with van der Waals surface area (Å²) in [6.45, 7) is 1.10. The topological polar surface area (TPSA) is 12.5 Å². The number of fused-ring (bicyclic) bond motifs is 4. The Bertz CT molecular complexity index is 874. The Balaban J connectivity index is 1.78. The summed E-state index contributed by atoms with van der Waals surface area (Å²) in [7, 11) is 0. The van der Waals surface area contributed by atoms with E-state index in [1.54, 1.807) is 0 Å². The molecule has 2 aliphatic heterocycles. The van der Waals surface area contributed by atoms with Gasteiger partial charge in [-0.25, -0.2) is 0 Å². The molecule has 0 saturated carbocycles. The molecule has 0 spiro atoms. The number of piperidine rings is 1. The molecule has 2 atom stereocenters. The van der Waals surface area contributed by atoms with Gasteiger partial charge in [0.05, 0.1) is 6.04 Å². The molecule has 24 heavy (non-hydrogen) atoms. The second-order valence-corrected chi connectivity index (χ2v) is 6.82. The number of rotatable bonds is 1. The van der Waals surface area contributed by atoms with Gasteiger partial charge in [-0.1, -0.05) is 60.7 Å². The van der Waals surface area contributed by atoms with Gasteiger partial charge >= 0.3 is 0 Å². The maximum Gasteiger partial charge on any atom is 0.153 e. The van der Waals surface area contributed by atoms with E-state index in [-0.39, 0.29) is 12.3 Å². The van der Waals surface area contributed by atoms with Crippen molar-refractivity contribution in [2.45, 2.75) is 31.5 Å². The van der Waals surface area contributed by atoms with Gasteiger partial charge in [0.25, 0.3) is 0 Å². The number of benzene rings is 3. The minimum Gasteiger partial charge on any atom is -0.475 e. The molecule has 2 heteroatoms. The van der Waals surface area contributed by atoms with Gasteiger partial charge in [0.2, 0.25) is 0 Å². The first-order valence-electron chi connectivity index (χ1n) is 8.91. The standard InChI is InChI=1S/C22H21NO/c1-2-9-17(10-3-1)22-21-18-11-5-4-8-16(18)13-14-19(21)24-20-12-6-7-15-23(20)22/h1-5,8-11,13-14,20,22H,6-7,12,15H2/t20-,22+/m0/s1. The summed E-state index contributed by atoms with van der Waals surface area (Å²) in [6, 6.07) is 24.2. The lowest BCUT2D eigenvalue weighted by Gasteiger charge is -2.46. The van der Waals surface area contributed by atoms with Crippen LogP contribution in [0.5, 0.6) is 5.75 Å². The molecule has 1 fully saturated rings. The van der Waals surface area contributed by atoms with Crippen LogP contribution < -0.4 is 4.74 Å². The van der Waals surface area contributed by atoms with Crippen LogP contribution in [0.4, 0.5) is 0 Å². The van der Waals surface area contributed by atoms with E-state index in [0.717, 1.165) is 18.7 Å². The van der Waals surface area contributed by atoms with Crippen molar-refractivity contribution < 1.29 is 4.74 Å². The Labute approximate surface area is 142 Å². The van der Waals surface area contributed by atoms with Crippen LogP contribution in [0.15, 0.2) is 66.7 Å². The highest BCUT2D eigenvalue weighted by Crippen LogP contribution is 2.46. The summed E-state index contributed by atoms with van der Waals surface area (Å²) in [5.41, 5.74) is 2.70. The van der Waals surface area contributed by atoms with E-state index in [1.165, 1.54) is 34.7 Å². The molecule has 0 bridgehead atoms. The minimum absolute atomic E-state index is 0.206. The number of hydrogen-bond acceptors (Lipinski definition) is 2. The molecule has 2 heterocycles. The first kappa shape index (κ1) is 14.1. The van der Waals surface area contributed by atoms with Crippen LogP contribution >= 0.6 is 0 Å². The molecular formula is C22H21NO. The molecule has 120 valence electrons. The Morgan fingerprint density at radius 1 is 0.833 bits per heavy atom. The summed E-state index contributed by atoms with van der Waals surface area (Å²) in [5.74, 6) is 1.06. The highest BCUT2D eigenvalue weighted by molar-refractivity contribution is 5.89. The summed E-state index contributed by atoms with van der Waals surface area (Å²) in [4.78, 5) is 2.56. The maximum absolute atomic E-state index is 6.42. The third-order valence-corrected chi connectivity index (χ3v) is 5.40. The van der Waals surface area contributed by atoms with Gasteiger partial charge in [-0.15, -0.1) is 0 Å².